The summed E-state index contributed by atoms with van der Waals surface area (Å²) in [6, 6.07) is 7.71. The van der Waals surface area contributed by atoms with Crippen LogP contribution in [0.4, 0.5) is 0 Å². The fourth-order valence-electron chi connectivity index (χ4n) is 2.77. The molecule has 0 spiro atoms. The highest BCUT2D eigenvalue weighted by molar-refractivity contribution is 5.87. The van der Waals surface area contributed by atoms with Crippen molar-refractivity contribution < 1.29 is 19.4 Å². The van der Waals surface area contributed by atoms with E-state index in [0.717, 1.165) is 11.1 Å². The second kappa shape index (κ2) is 6.72. The van der Waals surface area contributed by atoms with Gasteiger partial charge in [0.2, 0.25) is 5.91 Å². The molecule has 1 fully saturated rings. The van der Waals surface area contributed by atoms with Crippen molar-refractivity contribution in [3.05, 3.63) is 35.4 Å². The van der Waals surface area contributed by atoms with E-state index in [1.807, 2.05) is 31.2 Å². The summed E-state index contributed by atoms with van der Waals surface area (Å²) < 4.78 is 4.72. The van der Waals surface area contributed by atoms with E-state index in [0.29, 0.717) is 13.0 Å². The number of aliphatic hydroxyl groups excluding tert-OH is 1. The van der Waals surface area contributed by atoms with Crippen LogP contribution in [0.2, 0.25) is 0 Å². The van der Waals surface area contributed by atoms with Crippen LogP contribution in [0, 0.1) is 12.8 Å². The number of ether oxygens (including phenoxy) is 1. The number of esters is 1. The van der Waals surface area contributed by atoms with E-state index < -0.39 is 5.92 Å². The number of rotatable bonds is 5. The predicted octanol–water partition coefficient (Wildman–Crippen LogP) is 1.44. The molecule has 2 atom stereocenters. The van der Waals surface area contributed by atoms with Crippen LogP contribution in [0.15, 0.2) is 24.3 Å². The molecule has 1 aliphatic heterocycles. The smallest absolute Gasteiger partial charge is 0.310 e. The van der Waals surface area contributed by atoms with Crippen molar-refractivity contribution in [3.63, 3.8) is 0 Å². The molecule has 0 saturated carbocycles. The molecule has 0 aliphatic carbocycles. The molecule has 2 unspecified atom stereocenters. The molecule has 1 heterocycles. The summed E-state index contributed by atoms with van der Waals surface area (Å²) >= 11 is 0. The number of nitrogens with zero attached hydrogens (tertiary/aromatic N) is 1. The SMILES string of the molecule is COC(=O)C1CC(=O)N(C(CCO)c2ccc(C)cc2)C1. The Morgan fingerprint density at radius 2 is 2.10 bits per heavy atom. The Balaban J connectivity index is 2.20. The van der Waals surface area contributed by atoms with Gasteiger partial charge in [-0.05, 0) is 18.9 Å². The second-order valence-electron chi connectivity index (χ2n) is 5.41. The third-order valence-electron chi connectivity index (χ3n) is 3.93. The molecular weight excluding hydrogens is 270 g/mol. The van der Waals surface area contributed by atoms with Gasteiger partial charge in [0, 0.05) is 19.6 Å². The standard InChI is InChI=1S/C16H21NO4/c1-11-3-5-12(6-4-11)14(7-8-18)17-10-13(9-15(17)19)16(20)21-2/h3-6,13-14,18H,7-10H2,1-2H3. The Kier molecular flexibility index (Phi) is 4.96. The summed E-state index contributed by atoms with van der Waals surface area (Å²) in [5.74, 6) is -0.823. The second-order valence-corrected chi connectivity index (χ2v) is 5.41. The van der Waals surface area contributed by atoms with E-state index >= 15 is 0 Å². The Bertz CT molecular complexity index is 512. The minimum Gasteiger partial charge on any atom is -0.469 e. The van der Waals surface area contributed by atoms with Crippen molar-refractivity contribution >= 4 is 11.9 Å². The van der Waals surface area contributed by atoms with E-state index in [2.05, 4.69) is 0 Å². The largest absolute Gasteiger partial charge is 0.469 e. The molecule has 1 aliphatic rings. The quantitative estimate of drug-likeness (QED) is 0.834. The molecular formula is C16H21NO4. The third-order valence-corrected chi connectivity index (χ3v) is 3.93. The van der Waals surface area contributed by atoms with E-state index in [-0.39, 0.29) is 30.9 Å². The average Bonchev–Trinajstić information content (AvgIpc) is 2.87. The van der Waals surface area contributed by atoms with Gasteiger partial charge in [0.1, 0.15) is 0 Å². The van der Waals surface area contributed by atoms with Gasteiger partial charge in [0.05, 0.1) is 19.1 Å². The predicted molar refractivity (Wildman–Crippen MR) is 77.5 cm³/mol. The summed E-state index contributed by atoms with van der Waals surface area (Å²) in [4.78, 5) is 25.5. The highest BCUT2D eigenvalue weighted by atomic mass is 16.5. The number of hydrogen-bond acceptors (Lipinski definition) is 4. The zero-order valence-corrected chi connectivity index (χ0v) is 12.4. The lowest BCUT2D eigenvalue weighted by Crippen LogP contribution is -2.31. The Morgan fingerprint density at radius 3 is 2.67 bits per heavy atom. The maximum atomic E-state index is 12.2. The Hall–Kier alpha value is -1.88. The van der Waals surface area contributed by atoms with Gasteiger partial charge in [-0.1, -0.05) is 29.8 Å². The maximum absolute atomic E-state index is 12.2. The van der Waals surface area contributed by atoms with E-state index in [4.69, 9.17) is 4.74 Å². The number of likely N-dealkylation sites (tertiary alicyclic amines) is 1. The third kappa shape index (κ3) is 3.42. The molecule has 1 aromatic carbocycles. The first-order valence-corrected chi connectivity index (χ1v) is 7.11. The summed E-state index contributed by atoms with van der Waals surface area (Å²) in [5.41, 5.74) is 2.12. The highest BCUT2D eigenvalue weighted by Crippen LogP contribution is 2.31. The van der Waals surface area contributed by atoms with Gasteiger partial charge in [0.25, 0.3) is 0 Å². The molecule has 1 saturated heterocycles. The number of carbonyl (C=O) groups excluding carboxylic acids is 2. The minimum atomic E-state index is -0.408. The van der Waals surface area contributed by atoms with Crippen LogP contribution >= 0.6 is 0 Å². The monoisotopic (exact) mass is 291 g/mol. The van der Waals surface area contributed by atoms with Crippen LogP contribution < -0.4 is 0 Å². The van der Waals surface area contributed by atoms with Crippen LogP contribution in [-0.4, -0.2) is 42.1 Å². The molecule has 5 nitrogen and oxygen atoms in total. The van der Waals surface area contributed by atoms with Gasteiger partial charge < -0.3 is 14.7 Å². The first-order valence-electron chi connectivity index (χ1n) is 7.11. The van der Waals surface area contributed by atoms with Crippen LogP contribution in [0.1, 0.15) is 30.0 Å². The molecule has 5 heteroatoms. The lowest BCUT2D eigenvalue weighted by atomic mass is 10.0. The normalized spacial score (nSPS) is 19.7. The van der Waals surface area contributed by atoms with Crippen molar-refractivity contribution in [3.8, 4) is 0 Å². The number of hydrogen-bond donors (Lipinski definition) is 1. The summed E-state index contributed by atoms with van der Waals surface area (Å²) in [6.45, 7) is 2.34. The molecule has 114 valence electrons. The van der Waals surface area contributed by atoms with Crippen molar-refractivity contribution in [2.45, 2.75) is 25.8 Å². The molecule has 1 N–H and O–H groups in total. The Morgan fingerprint density at radius 1 is 1.43 bits per heavy atom. The van der Waals surface area contributed by atoms with Crippen molar-refractivity contribution in [1.82, 2.24) is 4.90 Å². The first kappa shape index (κ1) is 15.5. The Labute approximate surface area is 124 Å². The van der Waals surface area contributed by atoms with Gasteiger partial charge >= 0.3 is 5.97 Å². The molecule has 0 bridgehead atoms. The number of carbonyl (C=O) groups is 2. The van der Waals surface area contributed by atoms with Crippen molar-refractivity contribution in [2.75, 3.05) is 20.3 Å². The first-order chi connectivity index (χ1) is 10.1. The van der Waals surface area contributed by atoms with Gasteiger partial charge in [-0.25, -0.2) is 0 Å². The topological polar surface area (TPSA) is 66.8 Å². The average molecular weight is 291 g/mol. The molecule has 0 radical (unpaired) electrons. The maximum Gasteiger partial charge on any atom is 0.310 e. The number of methoxy groups -OCH3 is 1. The molecule has 21 heavy (non-hydrogen) atoms. The summed E-state index contributed by atoms with van der Waals surface area (Å²) in [5, 5.41) is 9.29. The van der Waals surface area contributed by atoms with Crippen LogP contribution in [0.5, 0.6) is 0 Å². The fraction of sp³-hybridized carbons (Fsp3) is 0.500. The van der Waals surface area contributed by atoms with Crippen molar-refractivity contribution in [2.24, 2.45) is 5.92 Å². The zero-order chi connectivity index (χ0) is 15.4. The zero-order valence-electron chi connectivity index (χ0n) is 12.4. The van der Waals surface area contributed by atoms with E-state index in [9.17, 15) is 14.7 Å². The van der Waals surface area contributed by atoms with Crippen molar-refractivity contribution in [1.29, 1.82) is 0 Å². The fourth-order valence-corrected chi connectivity index (χ4v) is 2.77. The molecule has 1 aromatic rings. The van der Waals surface area contributed by atoms with E-state index in [1.165, 1.54) is 7.11 Å². The lowest BCUT2D eigenvalue weighted by Gasteiger charge is -2.28. The number of aryl methyl sites for hydroxylation is 1. The van der Waals surface area contributed by atoms with Gasteiger partial charge in [-0.2, -0.15) is 0 Å². The molecule has 1 amide bonds. The van der Waals surface area contributed by atoms with Crippen LogP contribution in [0.25, 0.3) is 0 Å². The minimum absolute atomic E-state index is 0.00872. The lowest BCUT2D eigenvalue weighted by molar-refractivity contribution is -0.145. The number of benzene rings is 1. The van der Waals surface area contributed by atoms with E-state index in [1.54, 1.807) is 4.90 Å². The van der Waals surface area contributed by atoms with Crippen LogP contribution in [-0.2, 0) is 14.3 Å². The molecule has 2 rings (SSSR count). The summed E-state index contributed by atoms with van der Waals surface area (Å²) in [6.07, 6.45) is 0.642. The van der Waals surface area contributed by atoms with Gasteiger partial charge in [0.15, 0.2) is 0 Å². The molecule has 0 aromatic heterocycles. The summed E-state index contributed by atoms with van der Waals surface area (Å²) in [7, 11) is 1.33. The highest BCUT2D eigenvalue weighted by Gasteiger charge is 2.38. The van der Waals surface area contributed by atoms with Gasteiger partial charge in [-0.15, -0.1) is 0 Å². The van der Waals surface area contributed by atoms with Gasteiger partial charge in [-0.3, -0.25) is 9.59 Å². The van der Waals surface area contributed by atoms with Crippen LogP contribution in [0.3, 0.4) is 0 Å². The number of aliphatic hydroxyl groups is 1. The number of amides is 1.